The molecular formula is C15H29NO. The van der Waals surface area contributed by atoms with Gasteiger partial charge in [0.25, 0.3) is 0 Å². The normalized spacial score (nSPS) is 31.2. The maximum Gasteiger partial charge on any atom is 0.0769 e. The van der Waals surface area contributed by atoms with Crippen LogP contribution in [-0.2, 0) is 0 Å². The summed E-state index contributed by atoms with van der Waals surface area (Å²) < 4.78 is 0. The van der Waals surface area contributed by atoms with Crippen molar-refractivity contribution in [3.63, 3.8) is 0 Å². The van der Waals surface area contributed by atoms with Crippen LogP contribution in [0.3, 0.4) is 0 Å². The van der Waals surface area contributed by atoms with Crippen LogP contribution >= 0.6 is 0 Å². The third-order valence-corrected chi connectivity index (χ3v) is 5.17. The number of β-amino-alcohol motifs (C(OH)–C–C–N with tert-alkyl or cyclic N) is 1. The fraction of sp³-hybridized carbons (Fsp3) is 1.00. The van der Waals surface area contributed by atoms with Gasteiger partial charge in [0.2, 0.25) is 0 Å². The molecule has 2 heteroatoms. The van der Waals surface area contributed by atoms with Crippen LogP contribution in [0.1, 0.15) is 65.2 Å². The summed E-state index contributed by atoms with van der Waals surface area (Å²) in [5.74, 6) is 0.926. The fourth-order valence-electron chi connectivity index (χ4n) is 3.78. The van der Waals surface area contributed by atoms with Gasteiger partial charge >= 0.3 is 0 Å². The predicted octanol–water partition coefficient (Wildman–Crippen LogP) is 3.19. The van der Waals surface area contributed by atoms with Crippen LogP contribution in [0.5, 0.6) is 0 Å². The predicted molar refractivity (Wildman–Crippen MR) is 72.1 cm³/mol. The summed E-state index contributed by atoms with van der Waals surface area (Å²) in [6.45, 7) is 6.35. The Balaban J connectivity index is 1.98. The van der Waals surface area contributed by atoms with Gasteiger partial charge in [-0.1, -0.05) is 26.7 Å². The average Bonchev–Trinajstić information content (AvgIpc) is 2.39. The van der Waals surface area contributed by atoms with E-state index in [0.717, 1.165) is 31.3 Å². The van der Waals surface area contributed by atoms with E-state index in [2.05, 4.69) is 18.7 Å². The quantitative estimate of drug-likeness (QED) is 0.814. The molecule has 2 atom stereocenters. The highest BCUT2D eigenvalue weighted by Gasteiger charge is 2.36. The van der Waals surface area contributed by atoms with E-state index < -0.39 is 5.60 Å². The van der Waals surface area contributed by atoms with E-state index in [0.29, 0.717) is 0 Å². The molecule has 1 saturated carbocycles. The molecule has 2 unspecified atom stereocenters. The van der Waals surface area contributed by atoms with E-state index in [9.17, 15) is 5.11 Å². The van der Waals surface area contributed by atoms with E-state index in [1.165, 1.54) is 45.1 Å². The minimum Gasteiger partial charge on any atom is -0.389 e. The van der Waals surface area contributed by atoms with Crippen molar-refractivity contribution in [1.82, 2.24) is 4.90 Å². The monoisotopic (exact) mass is 239 g/mol. The van der Waals surface area contributed by atoms with Gasteiger partial charge in [-0.05, 0) is 51.0 Å². The number of hydrogen-bond acceptors (Lipinski definition) is 2. The van der Waals surface area contributed by atoms with Crippen LogP contribution in [-0.4, -0.2) is 34.7 Å². The van der Waals surface area contributed by atoms with Crippen LogP contribution in [0.15, 0.2) is 0 Å². The Labute approximate surface area is 106 Å². The molecule has 0 bridgehead atoms. The summed E-state index contributed by atoms with van der Waals surface area (Å²) in [6.07, 6.45) is 10.2. The molecule has 2 aliphatic rings. The lowest BCUT2D eigenvalue weighted by Crippen LogP contribution is -2.52. The largest absolute Gasteiger partial charge is 0.389 e. The van der Waals surface area contributed by atoms with Gasteiger partial charge in [0, 0.05) is 12.6 Å². The summed E-state index contributed by atoms with van der Waals surface area (Å²) >= 11 is 0. The number of nitrogens with zero attached hydrogens (tertiary/aromatic N) is 1. The van der Waals surface area contributed by atoms with Crippen molar-refractivity contribution in [1.29, 1.82) is 0 Å². The first-order chi connectivity index (χ1) is 8.18. The molecule has 0 aromatic rings. The summed E-state index contributed by atoms with van der Waals surface area (Å²) in [4.78, 5) is 2.61. The average molecular weight is 239 g/mol. The number of aliphatic hydroxyl groups is 1. The Morgan fingerprint density at radius 2 is 1.71 bits per heavy atom. The van der Waals surface area contributed by atoms with Crippen molar-refractivity contribution >= 4 is 0 Å². The van der Waals surface area contributed by atoms with E-state index in [1.807, 2.05) is 0 Å². The van der Waals surface area contributed by atoms with Crippen molar-refractivity contribution in [2.75, 3.05) is 13.1 Å². The van der Waals surface area contributed by atoms with Crippen molar-refractivity contribution in [3.05, 3.63) is 0 Å². The molecule has 1 N–H and O–H groups in total. The zero-order valence-corrected chi connectivity index (χ0v) is 11.6. The van der Waals surface area contributed by atoms with Crippen LogP contribution in [0.2, 0.25) is 0 Å². The lowest BCUT2D eigenvalue weighted by Gasteiger charge is -2.46. The Bertz CT molecular complexity index is 235. The summed E-state index contributed by atoms with van der Waals surface area (Å²) in [5, 5.41) is 10.5. The number of hydrogen-bond donors (Lipinski definition) is 1. The highest BCUT2D eigenvalue weighted by Crippen LogP contribution is 2.36. The molecule has 1 aliphatic heterocycles. The van der Waals surface area contributed by atoms with E-state index in [4.69, 9.17) is 0 Å². The van der Waals surface area contributed by atoms with Gasteiger partial charge in [-0.15, -0.1) is 0 Å². The summed E-state index contributed by atoms with van der Waals surface area (Å²) in [6, 6.07) is 0.780. The van der Waals surface area contributed by atoms with Crippen LogP contribution in [0.4, 0.5) is 0 Å². The molecule has 1 aliphatic carbocycles. The first-order valence-electron chi connectivity index (χ1n) is 7.65. The van der Waals surface area contributed by atoms with Crippen LogP contribution < -0.4 is 0 Å². The SMILES string of the molecule is CCC(O)(CC)CN1CCCC2CCCCC21. The van der Waals surface area contributed by atoms with Gasteiger partial charge in [-0.25, -0.2) is 0 Å². The second-order valence-electron chi connectivity index (χ2n) is 6.16. The molecule has 2 nitrogen and oxygen atoms in total. The van der Waals surface area contributed by atoms with Crippen molar-refractivity contribution in [2.24, 2.45) is 5.92 Å². The third-order valence-electron chi connectivity index (χ3n) is 5.17. The third kappa shape index (κ3) is 3.03. The second-order valence-corrected chi connectivity index (χ2v) is 6.16. The minimum atomic E-state index is -0.445. The second kappa shape index (κ2) is 5.71. The molecule has 1 heterocycles. The van der Waals surface area contributed by atoms with Gasteiger partial charge in [0.05, 0.1) is 5.60 Å². The molecule has 0 aromatic heterocycles. The molecule has 17 heavy (non-hydrogen) atoms. The number of rotatable bonds is 4. The first-order valence-corrected chi connectivity index (χ1v) is 7.65. The van der Waals surface area contributed by atoms with E-state index in [1.54, 1.807) is 0 Å². The molecule has 0 radical (unpaired) electrons. The molecule has 0 spiro atoms. The summed E-state index contributed by atoms with van der Waals surface area (Å²) in [5.41, 5.74) is -0.445. The molecule has 0 amide bonds. The molecular weight excluding hydrogens is 210 g/mol. The number of piperidine rings is 1. The molecule has 100 valence electrons. The van der Waals surface area contributed by atoms with Gasteiger partial charge in [0.1, 0.15) is 0 Å². The van der Waals surface area contributed by atoms with Gasteiger partial charge in [-0.3, -0.25) is 4.90 Å². The zero-order chi connectivity index (χ0) is 12.3. The Morgan fingerprint density at radius 1 is 1.06 bits per heavy atom. The molecule has 0 aromatic carbocycles. The Hall–Kier alpha value is -0.0800. The maximum absolute atomic E-state index is 10.5. The topological polar surface area (TPSA) is 23.5 Å². The maximum atomic E-state index is 10.5. The standard InChI is InChI=1S/C15H29NO/c1-3-15(17,4-2)12-16-11-7-9-13-8-5-6-10-14(13)16/h13-14,17H,3-12H2,1-2H3. The number of fused-ring (bicyclic) bond motifs is 1. The fourth-order valence-corrected chi connectivity index (χ4v) is 3.78. The van der Waals surface area contributed by atoms with E-state index in [-0.39, 0.29) is 0 Å². The van der Waals surface area contributed by atoms with Crippen molar-refractivity contribution in [2.45, 2.75) is 76.9 Å². The van der Waals surface area contributed by atoms with Crippen molar-refractivity contribution < 1.29 is 5.11 Å². The van der Waals surface area contributed by atoms with Crippen molar-refractivity contribution in [3.8, 4) is 0 Å². The van der Waals surface area contributed by atoms with Crippen LogP contribution in [0.25, 0.3) is 0 Å². The molecule has 2 fully saturated rings. The summed E-state index contributed by atoms with van der Waals surface area (Å²) in [7, 11) is 0. The Kier molecular flexibility index (Phi) is 4.48. The van der Waals surface area contributed by atoms with Gasteiger partial charge in [-0.2, -0.15) is 0 Å². The van der Waals surface area contributed by atoms with Gasteiger partial charge in [0.15, 0.2) is 0 Å². The number of likely N-dealkylation sites (tertiary alicyclic amines) is 1. The lowest BCUT2D eigenvalue weighted by molar-refractivity contribution is -0.0414. The first kappa shape index (κ1) is 13.4. The zero-order valence-electron chi connectivity index (χ0n) is 11.6. The molecule has 1 saturated heterocycles. The molecule has 2 rings (SSSR count). The lowest BCUT2D eigenvalue weighted by atomic mass is 9.77. The smallest absolute Gasteiger partial charge is 0.0769 e. The minimum absolute atomic E-state index is 0.445. The Morgan fingerprint density at radius 3 is 2.41 bits per heavy atom. The van der Waals surface area contributed by atoms with Gasteiger partial charge < -0.3 is 5.11 Å². The highest BCUT2D eigenvalue weighted by atomic mass is 16.3. The highest BCUT2D eigenvalue weighted by molar-refractivity contribution is 4.91. The van der Waals surface area contributed by atoms with Crippen LogP contribution in [0, 0.1) is 5.92 Å². The van der Waals surface area contributed by atoms with E-state index >= 15 is 0 Å².